The van der Waals surface area contributed by atoms with Crippen LogP contribution in [0.2, 0.25) is 0 Å². The van der Waals surface area contributed by atoms with Crippen molar-refractivity contribution in [2.45, 2.75) is 105 Å². The Bertz CT molecular complexity index is 1360. The molecule has 1 heterocycles. The molecule has 1 saturated carbocycles. The number of likely N-dealkylation sites (tertiary alicyclic amines) is 1. The van der Waals surface area contributed by atoms with Gasteiger partial charge >= 0.3 is 6.09 Å². The first-order chi connectivity index (χ1) is 21.8. The second kappa shape index (κ2) is 14.8. The molecule has 3 N–H and O–H groups in total. The third kappa shape index (κ3) is 9.51. The zero-order valence-corrected chi connectivity index (χ0v) is 29.1. The first-order valence-electron chi connectivity index (χ1n) is 16.4. The van der Waals surface area contributed by atoms with Crippen LogP contribution in [0.3, 0.4) is 0 Å². The van der Waals surface area contributed by atoms with Gasteiger partial charge in [0.2, 0.25) is 17.6 Å². The van der Waals surface area contributed by atoms with E-state index in [1.165, 1.54) is 4.90 Å². The first kappa shape index (κ1) is 37.4. The van der Waals surface area contributed by atoms with Gasteiger partial charge in [-0.15, -0.1) is 6.58 Å². The molecule has 11 heteroatoms. The molecule has 3 rings (SSSR count). The van der Waals surface area contributed by atoms with E-state index in [-0.39, 0.29) is 42.4 Å². The molecule has 2 aliphatic rings. The molecule has 11 nitrogen and oxygen atoms in total. The lowest BCUT2D eigenvalue weighted by Gasteiger charge is -2.38. The summed E-state index contributed by atoms with van der Waals surface area (Å²) in [6, 6.07) is 5.82. The number of hydrogen-bond acceptors (Lipinski definition) is 7. The number of nitrogens with one attached hydrogen (secondary N) is 3. The van der Waals surface area contributed by atoms with E-state index in [1.54, 1.807) is 51.1 Å². The number of fused-ring (bicyclic) bond motifs is 1. The van der Waals surface area contributed by atoms with Crippen LogP contribution >= 0.6 is 0 Å². The number of alkyl carbamates (subject to hydrolysis) is 1. The monoisotopic (exact) mass is 652 g/mol. The van der Waals surface area contributed by atoms with Crippen molar-refractivity contribution in [3.63, 3.8) is 0 Å². The van der Waals surface area contributed by atoms with Crippen LogP contribution in [0.5, 0.6) is 0 Å². The van der Waals surface area contributed by atoms with Crippen molar-refractivity contribution in [2.24, 2.45) is 22.7 Å². The van der Waals surface area contributed by atoms with Crippen molar-refractivity contribution in [1.82, 2.24) is 20.9 Å². The summed E-state index contributed by atoms with van der Waals surface area (Å²) in [5, 5.41) is 8.07. The number of piperidine rings is 1. The summed E-state index contributed by atoms with van der Waals surface area (Å²) in [6.45, 7) is 18.9. The highest BCUT2D eigenvalue weighted by Gasteiger charge is 2.70. The van der Waals surface area contributed by atoms with Crippen molar-refractivity contribution in [3.8, 4) is 0 Å². The third-order valence-corrected chi connectivity index (χ3v) is 9.01. The number of carbonyl (C=O) groups excluding carboxylic acids is 6. The maximum Gasteiger partial charge on any atom is 0.408 e. The number of ketones is 2. The molecule has 1 aromatic rings. The number of carbonyl (C=O) groups is 6. The highest BCUT2D eigenvalue weighted by atomic mass is 16.6. The van der Waals surface area contributed by atoms with Crippen LogP contribution in [0.25, 0.3) is 0 Å². The molecule has 4 amide bonds. The summed E-state index contributed by atoms with van der Waals surface area (Å²) < 4.78 is 5.42. The fourth-order valence-electron chi connectivity index (χ4n) is 6.33. The molecule has 1 unspecified atom stereocenters. The highest BCUT2D eigenvalue weighted by Crippen LogP contribution is 2.65. The average Bonchev–Trinajstić information content (AvgIpc) is 3.29. The standard InChI is InChI=1S/C36H52N4O7/c1-10-11-18-24(28(42)31(44)37-20-15-19-25(41)22-16-13-12-14-17-22)38-30(43)27-26-23(36(26,8)9)21-40(27)32(45)29(34(2,3)4)39-33(46)47-35(5,6)7/h10,12-14,16-17,23-24,26-27,29H,1,11,15,18-21H2,2-9H3,(H,37,44)(H,38,43)(H,39,46)/t23-,24?,26-,27-,29+/m0/s1. The molecule has 0 radical (unpaired) electrons. The summed E-state index contributed by atoms with van der Waals surface area (Å²) >= 11 is 0. The van der Waals surface area contributed by atoms with Crippen molar-refractivity contribution in [3.05, 3.63) is 48.6 Å². The number of ether oxygens (including phenoxy) is 1. The predicted molar refractivity (Wildman–Crippen MR) is 178 cm³/mol. The number of rotatable bonds is 14. The van der Waals surface area contributed by atoms with Gasteiger partial charge in [-0.2, -0.15) is 0 Å². The normalized spacial score (nSPS) is 21.0. The van der Waals surface area contributed by atoms with Gasteiger partial charge in [0.25, 0.3) is 5.91 Å². The Balaban J connectivity index is 1.71. The average molecular weight is 653 g/mol. The Labute approximate surface area is 278 Å². The summed E-state index contributed by atoms with van der Waals surface area (Å²) in [7, 11) is 0. The molecular weight excluding hydrogens is 600 g/mol. The Morgan fingerprint density at radius 3 is 2.23 bits per heavy atom. The lowest BCUT2D eigenvalue weighted by atomic mass is 9.85. The maximum atomic E-state index is 14.1. The van der Waals surface area contributed by atoms with E-state index in [4.69, 9.17) is 4.74 Å². The minimum atomic E-state index is -1.14. The van der Waals surface area contributed by atoms with E-state index < -0.39 is 58.7 Å². The van der Waals surface area contributed by atoms with Gasteiger partial charge in [-0.1, -0.05) is 71.0 Å². The topological polar surface area (TPSA) is 151 Å². The van der Waals surface area contributed by atoms with E-state index in [1.807, 2.05) is 40.7 Å². The molecule has 1 aromatic carbocycles. The second-order valence-corrected chi connectivity index (χ2v) is 15.3. The second-order valence-electron chi connectivity index (χ2n) is 15.3. The van der Waals surface area contributed by atoms with E-state index >= 15 is 0 Å². The molecule has 0 spiro atoms. The summed E-state index contributed by atoms with van der Waals surface area (Å²) in [4.78, 5) is 80.8. The number of benzene rings is 1. The van der Waals surface area contributed by atoms with Crippen molar-refractivity contribution in [1.29, 1.82) is 0 Å². The lowest BCUT2D eigenvalue weighted by Crippen LogP contribution is -2.60. The quantitative estimate of drug-likeness (QED) is 0.118. The van der Waals surface area contributed by atoms with Crippen molar-refractivity contribution >= 4 is 35.4 Å². The van der Waals surface area contributed by atoms with Gasteiger partial charge in [0, 0.05) is 25.1 Å². The fraction of sp³-hybridized carbons (Fsp3) is 0.611. The molecular formula is C36H52N4O7. The van der Waals surface area contributed by atoms with Gasteiger partial charge in [0.15, 0.2) is 5.78 Å². The fourth-order valence-corrected chi connectivity index (χ4v) is 6.33. The number of allylic oxidation sites excluding steroid dienone is 1. The van der Waals surface area contributed by atoms with Crippen LogP contribution in [-0.4, -0.2) is 77.1 Å². The summed E-state index contributed by atoms with van der Waals surface area (Å²) in [6.07, 6.45) is 1.93. The van der Waals surface area contributed by atoms with Crippen LogP contribution in [0.15, 0.2) is 43.0 Å². The minimum absolute atomic E-state index is 0.0609. The molecule has 0 aromatic heterocycles. The van der Waals surface area contributed by atoms with Crippen molar-refractivity contribution < 1.29 is 33.5 Å². The summed E-state index contributed by atoms with van der Waals surface area (Å²) in [5.74, 6) is -2.75. The largest absolute Gasteiger partial charge is 0.444 e. The van der Waals surface area contributed by atoms with E-state index in [2.05, 4.69) is 22.5 Å². The zero-order chi connectivity index (χ0) is 35.3. The molecule has 2 fully saturated rings. The minimum Gasteiger partial charge on any atom is -0.444 e. The predicted octanol–water partition coefficient (Wildman–Crippen LogP) is 4.21. The molecule has 258 valence electrons. The van der Waals surface area contributed by atoms with Crippen LogP contribution in [-0.2, 0) is 23.9 Å². The van der Waals surface area contributed by atoms with Crippen LogP contribution < -0.4 is 16.0 Å². The number of hydrogen-bond donors (Lipinski definition) is 3. The Kier molecular flexibility index (Phi) is 11.8. The molecule has 47 heavy (non-hydrogen) atoms. The van der Waals surface area contributed by atoms with Gasteiger partial charge in [-0.3, -0.25) is 24.0 Å². The number of Topliss-reactive ketones (excluding diaryl/α,β-unsaturated/α-hetero) is 2. The van der Waals surface area contributed by atoms with E-state index in [0.717, 1.165) is 0 Å². The zero-order valence-electron chi connectivity index (χ0n) is 29.1. The summed E-state index contributed by atoms with van der Waals surface area (Å²) in [5.41, 5.74) is -1.10. The molecule has 5 atom stereocenters. The van der Waals surface area contributed by atoms with E-state index in [9.17, 15) is 28.8 Å². The van der Waals surface area contributed by atoms with Crippen LogP contribution in [0.4, 0.5) is 4.79 Å². The molecule has 0 bridgehead atoms. The molecule has 1 saturated heterocycles. The van der Waals surface area contributed by atoms with Crippen LogP contribution in [0, 0.1) is 22.7 Å². The number of nitrogens with zero attached hydrogens (tertiary/aromatic N) is 1. The smallest absolute Gasteiger partial charge is 0.408 e. The SMILES string of the molecule is C=CCCC(NC(=O)[C@@H]1[C@@H]2[C@H](CN1C(=O)[C@@H](NC(=O)OC(C)(C)C)C(C)(C)C)C2(C)C)C(=O)C(=O)NCCCC(=O)c1ccccc1. The lowest BCUT2D eigenvalue weighted by molar-refractivity contribution is -0.145. The maximum absolute atomic E-state index is 14.1. The van der Waals surface area contributed by atoms with E-state index in [0.29, 0.717) is 24.9 Å². The van der Waals surface area contributed by atoms with Gasteiger partial charge in [0.1, 0.15) is 17.7 Å². The first-order valence-corrected chi connectivity index (χ1v) is 16.4. The molecule has 1 aliphatic carbocycles. The van der Waals surface area contributed by atoms with Gasteiger partial charge in [-0.25, -0.2) is 4.79 Å². The third-order valence-electron chi connectivity index (χ3n) is 9.01. The van der Waals surface area contributed by atoms with Gasteiger partial charge < -0.3 is 25.6 Å². The Morgan fingerprint density at radius 1 is 1.02 bits per heavy atom. The highest BCUT2D eigenvalue weighted by molar-refractivity contribution is 6.38. The Hall–Kier alpha value is -4.02. The van der Waals surface area contributed by atoms with Gasteiger partial charge in [0.05, 0.1) is 6.04 Å². The Morgan fingerprint density at radius 2 is 1.66 bits per heavy atom. The molecule has 1 aliphatic heterocycles. The van der Waals surface area contributed by atoms with Gasteiger partial charge in [-0.05, 0) is 62.7 Å². The van der Waals surface area contributed by atoms with Crippen molar-refractivity contribution in [2.75, 3.05) is 13.1 Å². The number of amides is 4. The van der Waals surface area contributed by atoms with Crippen LogP contribution in [0.1, 0.15) is 91.4 Å².